The molecule has 5 heteroatoms. The molecule has 3 N–H and O–H groups in total. The topological polar surface area (TPSA) is 56.8 Å². The summed E-state index contributed by atoms with van der Waals surface area (Å²) in [6, 6.07) is 4.75. The summed E-state index contributed by atoms with van der Waals surface area (Å²) in [5.74, 6) is -0.547. The van der Waals surface area contributed by atoms with E-state index in [1.807, 2.05) is 7.05 Å². The molecule has 1 atom stereocenters. The lowest BCUT2D eigenvalue weighted by Crippen LogP contribution is -3.08. The highest BCUT2D eigenvalue weighted by molar-refractivity contribution is 5.74. The fourth-order valence-electron chi connectivity index (χ4n) is 1.53. The molecule has 0 fully saturated rings. The number of ether oxygens (including phenoxy) is 1. The van der Waals surface area contributed by atoms with Crippen molar-refractivity contribution in [1.29, 1.82) is 0 Å². The molecule has 88 valence electrons. The number of carbonyl (C=O) groups is 1. The van der Waals surface area contributed by atoms with Gasteiger partial charge < -0.3 is 15.4 Å². The molecule has 4 nitrogen and oxygen atoms in total. The van der Waals surface area contributed by atoms with Gasteiger partial charge in [-0.3, -0.25) is 4.79 Å². The van der Waals surface area contributed by atoms with Crippen molar-refractivity contribution in [2.45, 2.75) is 6.54 Å². The largest absolute Gasteiger partial charge is 0.494 e. The molecule has 0 saturated heterocycles. The zero-order valence-electron chi connectivity index (χ0n) is 9.42. The van der Waals surface area contributed by atoms with Gasteiger partial charge in [0.1, 0.15) is 6.54 Å². The van der Waals surface area contributed by atoms with Crippen LogP contribution in [-0.4, -0.2) is 26.6 Å². The summed E-state index contributed by atoms with van der Waals surface area (Å²) < 4.78 is 18.2. The first-order valence-electron chi connectivity index (χ1n) is 4.95. The van der Waals surface area contributed by atoms with Crippen LogP contribution < -0.4 is 15.4 Å². The Morgan fingerprint density at radius 3 is 2.75 bits per heavy atom. The number of likely N-dealkylation sites (N-methyl/N-ethyl adjacent to an activating group) is 1. The summed E-state index contributed by atoms with van der Waals surface area (Å²) in [4.78, 5) is 11.6. The first-order chi connectivity index (χ1) is 7.52. The Kier molecular flexibility index (Phi) is 4.25. The Balaban J connectivity index is 2.67. The van der Waals surface area contributed by atoms with E-state index >= 15 is 0 Å². The minimum absolute atomic E-state index is 0.219. The zero-order valence-corrected chi connectivity index (χ0v) is 9.42. The summed E-state index contributed by atoms with van der Waals surface area (Å²) in [5, 5.41) is 0. The van der Waals surface area contributed by atoms with Crippen LogP contribution in [-0.2, 0) is 11.3 Å². The van der Waals surface area contributed by atoms with Gasteiger partial charge in [-0.15, -0.1) is 0 Å². The fourth-order valence-corrected chi connectivity index (χ4v) is 1.53. The molecule has 0 heterocycles. The van der Waals surface area contributed by atoms with E-state index in [0.717, 1.165) is 10.5 Å². The maximum Gasteiger partial charge on any atom is 0.272 e. The highest BCUT2D eigenvalue weighted by atomic mass is 19.1. The Bertz CT molecular complexity index is 382. The third-order valence-corrected chi connectivity index (χ3v) is 2.20. The second kappa shape index (κ2) is 5.46. The van der Waals surface area contributed by atoms with Crippen molar-refractivity contribution < 1.29 is 18.8 Å². The normalized spacial score (nSPS) is 12.2. The molecule has 0 spiro atoms. The van der Waals surface area contributed by atoms with Crippen LogP contribution in [0.1, 0.15) is 5.56 Å². The molecule has 1 aromatic carbocycles. The van der Waals surface area contributed by atoms with Crippen molar-refractivity contribution in [3.63, 3.8) is 0 Å². The standard InChI is InChI=1S/C11H15FN2O2/c1-14(7-11(13)15)6-8-3-4-10(16-2)9(12)5-8/h3-5H,6-7H2,1-2H3,(H2,13,15)/p+1. The molecule has 0 aliphatic carbocycles. The Morgan fingerprint density at radius 1 is 1.56 bits per heavy atom. The van der Waals surface area contributed by atoms with Crippen molar-refractivity contribution in [3.05, 3.63) is 29.6 Å². The average Bonchev–Trinajstić information content (AvgIpc) is 2.16. The van der Waals surface area contributed by atoms with Crippen LogP contribution in [0, 0.1) is 5.82 Å². The van der Waals surface area contributed by atoms with Gasteiger partial charge >= 0.3 is 0 Å². The predicted octanol–water partition coefficient (Wildman–Crippen LogP) is -0.666. The highest BCUT2D eigenvalue weighted by Gasteiger charge is 2.09. The van der Waals surface area contributed by atoms with E-state index in [2.05, 4.69) is 0 Å². The lowest BCUT2D eigenvalue weighted by atomic mass is 10.2. The summed E-state index contributed by atoms with van der Waals surface area (Å²) >= 11 is 0. The van der Waals surface area contributed by atoms with Crippen LogP contribution >= 0.6 is 0 Å². The number of methoxy groups -OCH3 is 1. The second-order valence-electron chi connectivity index (χ2n) is 3.75. The van der Waals surface area contributed by atoms with Gasteiger partial charge in [-0.25, -0.2) is 4.39 Å². The number of primary amides is 1. The first-order valence-corrected chi connectivity index (χ1v) is 4.95. The highest BCUT2D eigenvalue weighted by Crippen LogP contribution is 2.16. The van der Waals surface area contributed by atoms with Crippen LogP contribution in [0.15, 0.2) is 18.2 Å². The number of quaternary nitrogens is 1. The van der Waals surface area contributed by atoms with E-state index in [1.165, 1.54) is 13.2 Å². The maximum atomic E-state index is 13.3. The van der Waals surface area contributed by atoms with Crippen LogP contribution in [0.2, 0.25) is 0 Å². The number of hydrogen-bond acceptors (Lipinski definition) is 2. The molecule has 1 unspecified atom stereocenters. The molecule has 0 aliphatic heterocycles. The van der Waals surface area contributed by atoms with E-state index in [4.69, 9.17) is 10.5 Å². The number of nitrogens with two attached hydrogens (primary N) is 1. The minimum atomic E-state index is -0.396. The number of rotatable bonds is 5. The molecular formula is C11H16FN2O2+. The van der Waals surface area contributed by atoms with Gasteiger partial charge in [0.05, 0.1) is 14.2 Å². The van der Waals surface area contributed by atoms with Crippen molar-refractivity contribution in [3.8, 4) is 5.75 Å². The lowest BCUT2D eigenvalue weighted by molar-refractivity contribution is -0.885. The monoisotopic (exact) mass is 227 g/mol. The van der Waals surface area contributed by atoms with Gasteiger partial charge in [0, 0.05) is 5.56 Å². The molecule has 0 aromatic heterocycles. The average molecular weight is 227 g/mol. The van der Waals surface area contributed by atoms with Crippen LogP contribution in [0.4, 0.5) is 4.39 Å². The van der Waals surface area contributed by atoms with Gasteiger partial charge in [-0.05, 0) is 18.2 Å². The van der Waals surface area contributed by atoms with Crippen LogP contribution in [0.5, 0.6) is 5.75 Å². The van der Waals surface area contributed by atoms with E-state index in [1.54, 1.807) is 12.1 Å². The first kappa shape index (κ1) is 12.4. The van der Waals surface area contributed by atoms with Gasteiger partial charge in [-0.1, -0.05) is 0 Å². The zero-order chi connectivity index (χ0) is 12.1. The van der Waals surface area contributed by atoms with Crippen molar-refractivity contribution in [2.75, 3.05) is 20.7 Å². The molecule has 1 aromatic rings. The van der Waals surface area contributed by atoms with E-state index in [0.29, 0.717) is 6.54 Å². The summed E-state index contributed by atoms with van der Waals surface area (Å²) in [5.41, 5.74) is 5.87. The number of hydrogen-bond donors (Lipinski definition) is 2. The predicted molar refractivity (Wildman–Crippen MR) is 57.6 cm³/mol. The van der Waals surface area contributed by atoms with Crippen molar-refractivity contribution in [2.24, 2.45) is 5.73 Å². The van der Waals surface area contributed by atoms with E-state index < -0.39 is 5.82 Å². The second-order valence-corrected chi connectivity index (χ2v) is 3.75. The van der Waals surface area contributed by atoms with E-state index in [9.17, 15) is 9.18 Å². The third-order valence-electron chi connectivity index (χ3n) is 2.20. The summed E-state index contributed by atoms with van der Waals surface area (Å²) in [7, 11) is 3.25. The molecule has 0 radical (unpaired) electrons. The molecule has 0 saturated carbocycles. The molecule has 1 rings (SSSR count). The molecule has 1 amide bonds. The molecular weight excluding hydrogens is 211 g/mol. The summed E-state index contributed by atoms with van der Waals surface area (Å²) in [6.07, 6.45) is 0. The van der Waals surface area contributed by atoms with Gasteiger partial charge in [0.2, 0.25) is 0 Å². The maximum absolute atomic E-state index is 13.3. The van der Waals surface area contributed by atoms with Crippen LogP contribution in [0.25, 0.3) is 0 Å². The van der Waals surface area contributed by atoms with Gasteiger partial charge in [0.15, 0.2) is 18.1 Å². The SMILES string of the molecule is COc1ccc(C[NH+](C)CC(N)=O)cc1F. The van der Waals surface area contributed by atoms with Crippen molar-refractivity contribution >= 4 is 5.91 Å². The number of nitrogens with one attached hydrogen (secondary N) is 1. The number of halogens is 1. The smallest absolute Gasteiger partial charge is 0.272 e. The Labute approximate surface area is 93.8 Å². The van der Waals surface area contributed by atoms with Crippen molar-refractivity contribution in [1.82, 2.24) is 0 Å². The van der Waals surface area contributed by atoms with E-state index in [-0.39, 0.29) is 18.2 Å². The minimum Gasteiger partial charge on any atom is -0.494 e. The number of amides is 1. The Hall–Kier alpha value is -1.62. The molecule has 0 bridgehead atoms. The third kappa shape index (κ3) is 3.51. The molecule has 0 aliphatic rings. The summed E-state index contributed by atoms with van der Waals surface area (Å²) in [6.45, 7) is 0.775. The van der Waals surface area contributed by atoms with Gasteiger partial charge in [-0.2, -0.15) is 0 Å². The Morgan fingerprint density at radius 2 is 2.25 bits per heavy atom. The lowest BCUT2D eigenvalue weighted by Gasteiger charge is -2.12. The quantitative estimate of drug-likeness (QED) is 0.701. The van der Waals surface area contributed by atoms with Gasteiger partial charge in [0.25, 0.3) is 5.91 Å². The number of benzene rings is 1. The number of carbonyl (C=O) groups excluding carboxylic acids is 1. The molecule has 16 heavy (non-hydrogen) atoms. The van der Waals surface area contributed by atoms with Crippen LogP contribution in [0.3, 0.4) is 0 Å². The fraction of sp³-hybridized carbons (Fsp3) is 0.364.